The topological polar surface area (TPSA) is 64.7 Å². The zero-order valence-electron chi connectivity index (χ0n) is 12.8. The second-order valence-electron chi connectivity index (χ2n) is 5.18. The molecule has 0 aliphatic heterocycles. The van der Waals surface area contributed by atoms with Gasteiger partial charge in [0.25, 0.3) is 5.91 Å². The fourth-order valence-corrected chi connectivity index (χ4v) is 3.63. The quantitative estimate of drug-likeness (QED) is 0.554. The number of carbonyl (C=O) groups is 1. The molecule has 0 unspecified atom stereocenters. The average molecular weight is 508 g/mol. The number of nitrogens with one attached hydrogen (secondary N) is 1. The summed E-state index contributed by atoms with van der Waals surface area (Å²) in [5.41, 5.74) is 1.27. The largest absolute Gasteiger partial charge is 0.303 e. The molecule has 0 bridgehead atoms. The Bertz CT molecular complexity index is 934. The van der Waals surface area contributed by atoms with Gasteiger partial charge in [-0.1, -0.05) is 29.3 Å². The van der Waals surface area contributed by atoms with E-state index in [1.807, 2.05) is 6.07 Å². The maximum absolute atomic E-state index is 12.4. The van der Waals surface area contributed by atoms with Crippen molar-refractivity contribution in [1.29, 1.82) is 0 Å². The van der Waals surface area contributed by atoms with E-state index >= 15 is 0 Å². The minimum atomic E-state index is -0.317. The van der Waals surface area contributed by atoms with Crippen LogP contribution in [0.3, 0.4) is 0 Å². The zero-order chi connectivity index (χ0) is 18.1. The van der Waals surface area contributed by atoms with E-state index in [9.17, 15) is 4.79 Å². The number of hydrogen-bond acceptors (Lipinski definition) is 3. The molecule has 130 valence electrons. The van der Waals surface area contributed by atoms with Gasteiger partial charge < -0.3 is 5.32 Å². The van der Waals surface area contributed by atoms with E-state index in [2.05, 4.69) is 47.4 Å². The smallest absolute Gasteiger partial charge is 0.276 e. The number of rotatable bonds is 4. The van der Waals surface area contributed by atoms with Gasteiger partial charge in [-0.3, -0.25) is 14.2 Å². The SMILES string of the molecule is Cn1ncc(Br)c1C(=O)Nc1nn(Cc2ccc(Cl)cc2Cl)cc1Br. The van der Waals surface area contributed by atoms with Gasteiger partial charge in [-0.2, -0.15) is 10.2 Å². The summed E-state index contributed by atoms with van der Waals surface area (Å²) in [6.07, 6.45) is 3.32. The van der Waals surface area contributed by atoms with Gasteiger partial charge in [-0.15, -0.1) is 0 Å². The molecule has 0 fully saturated rings. The first-order valence-electron chi connectivity index (χ1n) is 7.01. The molecule has 6 nitrogen and oxygen atoms in total. The van der Waals surface area contributed by atoms with E-state index in [1.165, 1.54) is 4.68 Å². The van der Waals surface area contributed by atoms with E-state index < -0.39 is 0 Å². The van der Waals surface area contributed by atoms with Crippen LogP contribution in [0.4, 0.5) is 5.82 Å². The lowest BCUT2D eigenvalue weighted by Crippen LogP contribution is -2.17. The fraction of sp³-hybridized carbons (Fsp3) is 0.133. The maximum Gasteiger partial charge on any atom is 0.276 e. The molecule has 1 aromatic carbocycles. The number of hydrogen-bond donors (Lipinski definition) is 1. The van der Waals surface area contributed by atoms with Crippen molar-refractivity contribution in [3.8, 4) is 0 Å². The second-order valence-corrected chi connectivity index (χ2v) is 7.73. The van der Waals surface area contributed by atoms with Gasteiger partial charge in [-0.25, -0.2) is 0 Å². The number of nitrogens with zero attached hydrogens (tertiary/aromatic N) is 4. The molecule has 1 N–H and O–H groups in total. The van der Waals surface area contributed by atoms with Gasteiger partial charge in [0.2, 0.25) is 0 Å². The molecule has 10 heteroatoms. The molecule has 0 radical (unpaired) electrons. The number of carbonyl (C=O) groups excluding carboxylic acids is 1. The first kappa shape index (κ1) is 18.4. The van der Waals surface area contributed by atoms with Crippen molar-refractivity contribution in [2.75, 3.05) is 5.32 Å². The maximum atomic E-state index is 12.4. The molecule has 0 saturated carbocycles. The van der Waals surface area contributed by atoms with Crippen LogP contribution in [0, 0.1) is 0 Å². The van der Waals surface area contributed by atoms with Crippen LogP contribution in [0.15, 0.2) is 39.5 Å². The third-order valence-electron chi connectivity index (χ3n) is 3.41. The highest BCUT2D eigenvalue weighted by Crippen LogP contribution is 2.25. The van der Waals surface area contributed by atoms with Crippen LogP contribution in [0.5, 0.6) is 0 Å². The van der Waals surface area contributed by atoms with Gasteiger partial charge >= 0.3 is 0 Å². The Morgan fingerprint density at radius 1 is 1.28 bits per heavy atom. The van der Waals surface area contributed by atoms with Gasteiger partial charge in [0, 0.05) is 23.3 Å². The summed E-state index contributed by atoms with van der Waals surface area (Å²) < 4.78 is 4.42. The van der Waals surface area contributed by atoms with Crippen molar-refractivity contribution in [1.82, 2.24) is 19.6 Å². The van der Waals surface area contributed by atoms with E-state index in [4.69, 9.17) is 23.2 Å². The number of halogens is 4. The van der Waals surface area contributed by atoms with Crippen molar-refractivity contribution in [3.63, 3.8) is 0 Å². The molecule has 3 rings (SSSR count). The lowest BCUT2D eigenvalue weighted by Gasteiger charge is -2.05. The van der Waals surface area contributed by atoms with Crippen LogP contribution in [0.1, 0.15) is 16.1 Å². The van der Waals surface area contributed by atoms with Gasteiger partial charge in [0.15, 0.2) is 5.82 Å². The van der Waals surface area contributed by atoms with Crippen molar-refractivity contribution in [2.45, 2.75) is 6.54 Å². The lowest BCUT2D eigenvalue weighted by molar-refractivity contribution is 0.101. The molecule has 0 spiro atoms. The minimum Gasteiger partial charge on any atom is -0.303 e. The number of aryl methyl sites for hydroxylation is 1. The summed E-state index contributed by atoms with van der Waals surface area (Å²) in [6, 6.07) is 5.29. The predicted molar refractivity (Wildman–Crippen MR) is 104 cm³/mol. The number of amides is 1. The first-order valence-corrected chi connectivity index (χ1v) is 9.35. The summed E-state index contributed by atoms with van der Waals surface area (Å²) in [6.45, 7) is 0.444. The summed E-state index contributed by atoms with van der Waals surface area (Å²) in [7, 11) is 1.69. The normalized spacial score (nSPS) is 10.9. The van der Waals surface area contributed by atoms with Crippen LogP contribution < -0.4 is 5.32 Å². The first-order chi connectivity index (χ1) is 11.8. The van der Waals surface area contributed by atoms with Gasteiger partial charge in [-0.05, 0) is 49.6 Å². The second kappa shape index (κ2) is 7.49. The molecule has 0 saturated heterocycles. The monoisotopic (exact) mass is 505 g/mol. The average Bonchev–Trinajstić information content (AvgIpc) is 3.05. The Kier molecular flexibility index (Phi) is 5.52. The molecule has 2 aromatic heterocycles. The Balaban J connectivity index is 1.79. The minimum absolute atomic E-state index is 0.317. The number of benzene rings is 1. The highest BCUT2D eigenvalue weighted by atomic mass is 79.9. The third-order valence-corrected chi connectivity index (χ3v) is 5.15. The molecular weight excluding hydrogens is 497 g/mol. The van der Waals surface area contributed by atoms with E-state index in [1.54, 1.807) is 36.3 Å². The summed E-state index contributed by atoms with van der Waals surface area (Å²) >= 11 is 18.8. The van der Waals surface area contributed by atoms with Crippen molar-refractivity contribution in [3.05, 3.63) is 60.8 Å². The van der Waals surface area contributed by atoms with Gasteiger partial charge in [0.05, 0.1) is 21.7 Å². The van der Waals surface area contributed by atoms with Crippen molar-refractivity contribution < 1.29 is 4.79 Å². The summed E-state index contributed by atoms with van der Waals surface area (Å²) in [4.78, 5) is 12.4. The molecule has 0 aliphatic rings. The van der Waals surface area contributed by atoms with Crippen LogP contribution in [-0.4, -0.2) is 25.5 Å². The zero-order valence-corrected chi connectivity index (χ0v) is 17.5. The van der Waals surface area contributed by atoms with Crippen LogP contribution in [0.2, 0.25) is 10.0 Å². The fourth-order valence-electron chi connectivity index (χ4n) is 2.22. The van der Waals surface area contributed by atoms with Crippen molar-refractivity contribution >= 4 is 66.8 Å². The van der Waals surface area contributed by atoms with Crippen LogP contribution >= 0.6 is 55.1 Å². The Labute approximate surface area is 170 Å². The molecule has 1 amide bonds. The van der Waals surface area contributed by atoms with Crippen molar-refractivity contribution in [2.24, 2.45) is 7.05 Å². The molecule has 0 atom stereocenters. The van der Waals surface area contributed by atoms with Crippen LogP contribution in [0.25, 0.3) is 0 Å². The standard InChI is InChI=1S/C15H11Br2Cl2N5O/c1-23-13(10(16)5-20-23)15(25)21-14-11(17)7-24(22-14)6-8-2-3-9(18)4-12(8)19/h2-5,7H,6H2,1H3,(H,21,22,25). The summed E-state index contributed by atoms with van der Waals surface area (Å²) in [5.74, 6) is 0.0885. The molecular formula is C15H11Br2Cl2N5O. The molecule has 25 heavy (non-hydrogen) atoms. The van der Waals surface area contributed by atoms with Gasteiger partial charge in [0.1, 0.15) is 5.69 Å². The Morgan fingerprint density at radius 3 is 2.68 bits per heavy atom. The highest BCUT2D eigenvalue weighted by molar-refractivity contribution is 9.11. The Morgan fingerprint density at radius 2 is 2.04 bits per heavy atom. The van der Waals surface area contributed by atoms with Crippen LogP contribution in [-0.2, 0) is 13.6 Å². The predicted octanol–water partition coefficient (Wildman–Crippen LogP) is 4.75. The number of anilines is 1. The third kappa shape index (κ3) is 4.08. The highest BCUT2D eigenvalue weighted by Gasteiger charge is 2.18. The summed E-state index contributed by atoms with van der Waals surface area (Å²) in [5, 5.41) is 12.3. The Hall–Kier alpha value is -1.35. The van der Waals surface area contributed by atoms with E-state index in [-0.39, 0.29) is 5.91 Å². The lowest BCUT2D eigenvalue weighted by atomic mass is 10.2. The molecule has 2 heterocycles. The molecule has 0 aliphatic carbocycles. The van der Waals surface area contributed by atoms with E-state index in [0.29, 0.717) is 37.0 Å². The molecule has 3 aromatic rings. The van der Waals surface area contributed by atoms with E-state index in [0.717, 1.165) is 5.56 Å². The number of aromatic nitrogens is 4.